The molecule has 1 N–H and O–H groups in total. The summed E-state index contributed by atoms with van der Waals surface area (Å²) in [7, 11) is 0. The lowest BCUT2D eigenvalue weighted by molar-refractivity contribution is -0.126. The number of carbonyl (C=O) groups is 2. The van der Waals surface area contributed by atoms with Gasteiger partial charge in [-0.1, -0.05) is 15.9 Å². The molecule has 0 unspecified atom stereocenters. The Morgan fingerprint density at radius 2 is 2.30 bits per heavy atom. The van der Waals surface area contributed by atoms with Gasteiger partial charge in [-0.2, -0.15) is 0 Å². The van der Waals surface area contributed by atoms with Gasteiger partial charge in [0.05, 0.1) is 12.0 Å². The van der Waals surface area contributed by atoms with E-state index < -0.39 is 0 Å². The maximum Gasteiger partial charge on any atom is 0.227 e. The van der Waals surface area contributed by atoms with Crippen LogP contribution in [0.25, 0.3) is 0 Å². The van der Waals surface area contributed by atoms with E-state index in [1.54, 1.807) is 4.90 Å². The smallest absolute Gasteiger partial charge is 0.227 e. The zero-order valence-electron chi connectivity index (χ0n) is 13.2. The van der Waals surface area contributed by atoms with Crippen LogP contribution in [0, 0.1) is 12.8 Å². The number of nitrogens with zero attached hydrogens (tertiary/aromatic N) is 1. The lowest BCUT2D eigenvalue weighted by atomic mass is 10.1. The highest BCUT2D eigenvalue weighted by molar-refractivity contribution is 9.10. The van der Waals surface area contributed by atoms with Gasteiger partial charge in [-0.25, -0.2) is 0 Å². The number of anilines is 1. The van der Waals surface area contributed by atoms with Crippen LogP contribution in [0.1, 0.15) is 24.8 Å². The minimum absolute atomic E-state index is 0.00369. The predicted octanol–water partition coefficient (Wildman–Crippen LogP) is 2.41. The molecule has 2 aliphatic heterocycles. The average Bonchev–Trinajstić information content (AvgIpc) is 3.17. The summed E-state index contributed by atoms with van der Waals surface area (Å²) in [6, 6.07) is 5.80. The predicted molar refractivity (Wildman–Crippen MR) is 91.3 cm³/mol. The Kier molecular flexibility index (Phi) is 5.02. The van der Waals surface area contributed by atoms with Crippen molar-refractivity contribution in [2.75, 3.05) is 24.6 Å². The standard InChI is InChI=1S/C17H21BrN2O3/c1-11-7-13(4-5-15(11)18)20-10-12(8-16(20)21)17(22)19-9-14-3-2-6-23-14/h4-5,7,12,14H,2-3,6,8-10H2,1H3,(H,19,22)/t12-,14-/m0/s1. The monoisotopic (exact) mass is 380 g/mol. The Morgan fingerprint density at radius 1 is 1.48 bits per heavy atom. The first-order valence-corrected chi connectivity index (χ1v) is 8.79. The SMILES string of the molecule is Cc1cc(N2C[C@@H](C(=O)NC[C@@H]3CCCO3)CC2=O)ccc1Br. The lowest BCUT2D eigenvalue weighted by Crippen LogP contribution is -2.37. The Morgan fingerprint density at radius 3 is 3.00 bits per heavy atom. The van der Waals surface area contributed by atoms with Crippen LogP contribution in [0.2, 0.25) is 0 Å². The van der Waals surface area contributed by atoms with Gasteiger partial charge in [0.1, 0.15) is 0 Å². The zero-order chi connectivity index (χ0) is 16.4. The molecule has 23 heavy (non-hydrogen) atoms. The molecule has 0 radical (unpaired) electrons. The van der Waals surface area contributed by atoms with Crippen LogP contribution in [-0.4, -0.2) is 37.6 Å². The van der Waals surface area contributed by atoms with E-state index in [-0.39, 0.29) is 30.3 Å². The van der Waals surface area contributed by atoms with Gasteiger partial charge in [-0.05, 0) is 43.5 Å². The van der Waals surface area contributed by atoms with Crippen LogP contribution in [0.15, 0.2) is 22.7 Å². The molecular weight excluding hydrogens is 360 g/mol. The van der Waals surface area contributed by atoms with Gasteiger partial charge in [0.2, 0.25) is 11.8 Å². The Balaban J connectivity index is 1.59. The van der Waals surface area contributed by atoms with Crippen molar-refractivity contribution in [3.63, 3.8) is 0 Å². The maximum absolute atomic E-state index is 12.3. The molecule has 3 rings (SSSR count). The number of halogens is 1. The molecule has 2 heterocycles. The molecule has 5 nitrogen and oxygen atoms in total. The summed E-state index contributed by atoms with van der Waals surface area (Å²) < 4.78 is 6.52. The highest BCUT2D eigenvalue weighted by atomic mass is 79.9. The first-order valence-electron chi connectivity index (χ1n) is 8.00. The van der Waals surface area contributed by atoms with Crippen molar-refractivity contribution in [3.05, 3.63) is 28.2 Å². The van der Waals surface area contributed by atoms with Crippen molar-refractivity contribution in [1.29, 1.82) is 0 Å². The van der Waals surface area contributed by atoms with Crippen LogP contribution in [0.4, 0.5) is 5.69 Å². The minimum Gasteiger partial charge on any atom is -0.376 e. The summed E-state index contributed by atoms with van der Waals surface area (Å²) in [5.41, 5.74) is 1.92. The number of hydrogen-bond donors (Lipinski definition) is 1. The Bertz CT molecular complexity index is 614. The molecule has 2 fully saturated rings. The van der Waals surface area contributed by atoms with Crippen molar-refractivity contribution in [1.82, 2.24) is 5.32 Å². The van der Waals surface area contributed by atoms with Gasteiger partial charge in [-0.15, -0.1) is 0 Å². The number of amides is 2. The van der Waals surface area contributed by atoms with Crippen molar-refractivity contribution in [2.24, 2.45) is 5.92 Å². The van der Waals surface area contributed by atoms with Crippen LogP contribution < -0.4 is 10.2 Å². The van der Waals surface area contributed by atoms with E-state index in [2.05, 4.69) is 21.2 Å². The summed E-state index contributed by atoms with van der Waals surface area (Å²) >= 11 is 3.46. The van der Waals surface area contributed by atoms with Crippen LogP contribution in [0.3, 0.4) is 0 Å². The van der Waals surface area contributed by atoms with Crippen molar-refractivity contribution in [2.45, 2.75) is 32.3 Å². The van der Waals surface area contributed by atoms with E-state index >= 15 is 0 Å². The third kappa shape index (κ3) is 3.75. The molecule has 124 valence electrons. The van der Waals surface area contributed by atoms with Crippen LogP contribution in [-0.2, 0) is 14.3 Å². The van der Waals surface area contributed by atoms with Crippen molar-refractivity contribution < 1.29 is 14.3 Å². The second-order valence-corrected chi connectivity index (χ2v) is 7.07. The first kappa shape index (κ1) is 16.5. The van der Waals surface area contributed by atoms with Crippen LogP contribution in [0.5, 0.6) is 0 Å². The lowest BCUT2D eigenvalue weighted by Gasteiger charge is -2.18. The number of benzene rings is 1. The number of hydrogen-bond acceptors (Lipinski definition) is 3. The molecule has 0 spiro atoms. The average molecular weight is 381 g/mol. The molecule has 1 aromatic carbocycles. The number of ether oxygens (including phenoxy) is 1. The summed E-state index contributed by atoms with van der Waals surface area (Å²) in [6.45, 7) is 3.75. The van der Waals surface area contributed by atoms with E-state index in [1.165, 1.54) is 0 Å². The molecule has 2 saturated heterocycles. The third-order valence-electron chi connectivity index (χ3n) is 4.48. The molecule has 2 atom stereocenters. The molecule has 0 saturated carbocycles. The molecular formula is C17H21BrN2O3. The van der Waals surface area contributed by atoms with Crippen molar-refractivity contribution in [3.8, 4) is 0 Å². The number of nitrogens with one attached hydrogen (secondary N) is 1. The van der Waals surface area contributed by atoms with Gasteiger partial charge in [-0.3, -0.25) is 9.59 Å². The largest absolute Gasteiger partial charge is 0.376 e. The second kappa shape index (κ2) is 7.01. The van der Waals surface area contributed by atoms with Gasteiger partial charge < -0.3 is 15.0 Å². The summed E-state index contributed by atoms with van der Waals surface area (Å²) in [6.07, 6.45) is 2.45. The van der Waals surface area contributed by atoms with E-state index in [9.17, 15) is 9.59 Å². The quantitative estimate of drug-likeness (QED) is 0.872. The molecule has 1 aromatic rings. The Hall–Kier alpha value is -1.40. The number of carbonyl (C=O) groups excluding carboxylic acids is 2. The number of rotatable bonds is 4. The Labute approximate surface area is 144 Å². The summed E-state index contributed by atoms with van der Waals surface area (Å²) in [4.78, 5) is 26.3. The summed E-state index contributed by atoms with van der Waals surface area (Å²) in [5, 5.41) is 2.93. The normalized spacial score (nSPS) is 24.3. The minimum atomic E-state index is -0.284. The summed E-state index contributed by atoms with van der Waals surface area (Å²) in [5.74, 6) is -0.331. The fourth-order valence-electron chi connectivity index (χ4n) is 3.09. The highest BCUT2D eigenvalue weighted by Crippen LogP contribution is 2.28. The fraction of sp³-hybridized carbons (Fsp3) is 0.529. The topological polar surface area (TPSA) is 58.6 Å². The van der Waals surface area contributed by atoms with Gasteiger partial charge in [0, 0.05) is 36.3 Å². The highest BCUT2D eigenvalue weighted by Gasteiger charge is 2.35. The zero-order valence-corrected chi connectivity index (χ0v) is 14.8. The maximum atomic E-state index is 12.3. The fourth-order valence-corrected chi connectivity index (χ4v) is 3.34. The molecule has 0 bridgehead atoms. The molecule has 6 heteroatoms. The van der Waals surface area contributed by atoms with E-state index in [0.717, 1.165) is 35.2 Å². The van der Waals surface area contributed by atoms with E-state index in [4.69, 9.17) is 4.74 Å². The number of aryl methyl sites for hydroxylation is 1. The first-order chi connectivity index (χ1) is 11.0. The van der Waals surface area contributed by atoms with E-state index in [0.29, 0.717) is 13.1 Å². The van der Waals surface area contributed by atoms with Gasteiger partial charge >= 0.3 is 0 Å². The molecule has 0 aliphatic carbocycles. The molecule has 0 aromatic heterocycles. The molecule has 2 amide bonds. The van der Waals surface area contributed by atoms with E-state index in [1.807, 2.05) is 25.1 Å². The molecule has 2 aliphatic rings. The third-order valence-corrected chi connectivity index (χ3v) is 5.37. The second-order valence-electron chi connectivity index (χ2n) is 6.22. The van der Waals surface area contributed by atoms with Gasteiger partial charge in [0.15, 0.2) is 0 Å². The van der Waals surface area contributed by atoms with Crippen LogP contribution >= 0.6 is 15.9 Å². The van der Waals surface area contributed by atoms with Gasteiger partial charge in [0.25, 0.3) is 0 Å². The van der Waals surface area contributed by atoms with Crippen molar-refractivity contribution >= 4 is 33.4 Å².